The van der Waals surface area contributed by atoms with E-state index >= 15 is 0 Å². The lowest BCUT2D eigenvalue weighted by molar-refractivity contribution is 0.521. The number of benzene rings is 1. The van der Waals surface area contributed by atoms with Crippen LogP contribution in [-0.2, 0) is 10.0 Å². The van der Waals surface area contributed by atoms with E-state index in [0.29, 0.717) is 11.4 Å². The number of sulfonamides is 1. The zero-order valence-corrected chi connectivity index (χ0v) is 15.5. The van der Waals surface area contributed by atoms with E-state index in [1.807, 2.05) is 0 Å². The minimum Gasteiger partial charge on any atom is -0.331 e. The maximum Gasteiger partial charge on any atom is 0.252 e. The molecule has 0 amide bonds. The molecule has 0 atom stereocenters. The molecule has 2 rings (SSSR count). The van der Waals surface area contributed by atoms with E-state index in [-0.39, 0.29) is 21.5 Å². The smallest absolute Gasteiger partial charge is 0.252 e. The lowest BCUT2D eigenvalue weighted by Gasteiger charge is -2.14. The topological polar surface area (TPSA) is 119 Å². The van der Waals surface area contributed by atoms with Gasteiger partial charge in [0.05, 0.1) is 4.90 Å². The molecule has 0 aliphatic heterocycles. The summed E-state index contributed by atoms with van der Waals surface area (Å²) in [5.41, 5.74) is 6.07. The number of nitrogens with zero attached hydrogens (tertiary/aromatic N) is 2. The van der Waals surface area contributed by atoms with Crippen LogP contribution in [-0.4, -0.2) is 41.9 Å². The number of thiocarbonyl (C=S) groups is 1. The molecule has 0 saturated carbocycles. The van der Waals surface area contributed by atoms with Gasteiger partial charge in [-0.15, -0.1) is 0 Å². The lowest BCUT2D eigenvalue weighted by atomic mass is 10.3. The van der Waals surface area contributed by atoms with Crippen LogP contribution >= 0.6 is 12.2 Å². The van der Waals surface area contributed by atoms with Crippen molar-refractivity contribution >= 4 is 39.0 Å². The first-order valence-corrected chi connectivity index (χ1v) is 8.97. The molecule has 2 aromatic rings. The normalized spacial score (nSPS) is 11.2. The van der Waals surface area contributed by atoms with Crippen molar-refractivity contribution in [2.45, 2.75) is 11.8 Å². The molecule has 4 N–H and O–H groups in total. The van der Waals surface area contributed by atoms with Crippen molar-refractivity contribution in [3.8, 4) is 0 Å². The van der Waals surface area contributed by atoms with Gasteiger partial charge in [0.2, 0.25) is 16.0 Å². The molecular weight excluding hydrogens is 364 g/mol. The number of anilines is 2. The Balaban J connectivity index is 2.05. The molecule has 0 saturated heterocycles. The van der Waals surface area contributed by atoms with Crippen LogP contribution < -0.4 is 21.7 Å². The molecular formula is C14H18N6O3S2. The first kappa shape index (κ1) is 18.8. The average molecular weight is 382 g/mol. The maximum absolute atomic E-state index is 12.1. The Kier molecular flexibility index (Phi) is 5.72. The fraction of sp³-hybridized carbons (Fsp3) is 0.214. The number of hydrogen-bond donors (Lipinski definition) is 4. The van der Waals surface area contributed by atoms with Crippen LogP contribution in [0.4, 0.5) is 11.6 Å². The quantitative estimate of drug-likeness (QED) is 0.439. The third-order valence-corrected chi connectivity index (χ3v) is 5.05. The van der Waals surface area contributed by atoms with E-state index in [0.717, 1.165) is 4.31 Å². The molecule has 25 heavy (non-hydrogen) atoms. The highest BCUT2D eigenvalue weighted by Crippen LogP contribution is 2.17. The summed E-state index contributed by atoms with van der Waals surface area (Å²) in [6.07, 6.45) is 0. The standard InChI is InChI=1S/C14H18N6O3S2/c1-9-7-12(21)17-13(15-9)18-19-14(24)16-10-5-4-6-11(8-10)25(22,23)20(2)3/h4-8H,1-3H3,(H2,16,19,24)(H2,15,17,18,21). The Morgan fingerprint density at radius 3 is 2.64 bits per heavy atom. The molecule has 1 aromatic heterocycles. The molecule has 0 aliphatic rings. The minimum atomic E-state index is -3.54. The third-order valence-electron chi connectivity index (χ3n) is 3.03. The van der Waals surface area contributed by atoms with Crippen LogP contribution in [0.15, 0.2) is 40.0 Å². The Bertz CT molecular complexity index is 940. The molecule has 1 heterocycles. The number of rotatable bonds is 5. The molecule has 0 aliphatic carbocycles. The summed E-state index contributed by atoms with van der Waals surface area (Å²) in [5.74, 6) is 0.207. The highest BCUT2D eigenvalue weighted by molar-refractivity contribution is 7.89. The minimum absolute atomic E-state index is 0.142. The second kappa shape index (κ2) is 7.59. The zero-order chi connectivity index (χ0) is 18.6. The van der Waals surface area contributed by atoms with E-state index in [4.69, 9.17) is 12.2 Å². The predicted molar refractivity (Wildman–Crippen MR) is 99.9 cm³/mol. The van der Waals surface area contributed by atoms with Crippen molar-refractivity contribution < 1.29 is 8.42 Å². The highest BCUT2D eigenvalue weighted by atomic mass is 32.2. The summed E-state index contributed by atoms with van der Waals surface area (Å²) in [7, 11) is -0.617. The number of aromatic nitrogens is 2. The van der Waals surface area contributed by atoms with Crippen molar-refractivity contribution in [1.82, 2.24) is 19.7 Å². The van der Waals surface area contributed by atoms with E-state index < -0.39 is 10.0 Å². The van der Waals surface area contributed by atoms with Gasteiger partial charge < -0.3 is 5.32 Å². The van der Waals surface area contributed by atoms with E-state index in [2.05, 4.69) is 26.1 Å². The second-order valence-corrected chi connectivity index (χ2v) is 7.81. The Hall–Kier alpha value is -2.50. The third kappa shape index (κ3) is 4.98. The first-order chi connectivity index (χ1) is 11.7. The number of H-pyrrole nitrogens is 1. The van der Waals surface area contributed by atoms with Crippen molar-refractivity contribution in [1.29, 1.82) is 0 Å². The van der Waals surface area contributed by atoms with Gasteiger partial charge >= 0.3 is 0 Å². The van der Waals surface area contributed by atoms with Crippen molar-refractivity contribution in [2.24, 2.45) is 0 Å². The van der Waals surface area contributed by atoms with Gasteiger partial charge in [-0.25, -0.2) is 17.7 Å². The van der Waals surface area contributed by atoms with Crippen LogP contribution in [0.25, 0.3) is 0 Å². The van der Waals surface area contributed by atoms with Crippen molar-refractivity contribution in [3.63, 3.8) is 0 Å². The Morgan fingerprint density at radius 1 is 1.28 bits per heavy atom. The van der Waals surface area contributed by atoms with Gasteiger partial charge in [-0.1, -0.05) is 6.07 Å². The van der Waals surface area contributed by atoms with E-state index in [1.165, 1.54) is 32.3 Å². The lowest BCUT2D eigenvalue weighted by Crippen LogP contribution is -2.34. The molecule has 0 spiro atoms. The van der Waals surface area contributed by atoms with Gasteiger partial charge in [-0.3, -0.25) is 20.6 Å². The number of aromatic amines is 1. The summed E-state index contributed by atoms with van der Waals surface area (Å²) >= 11 is 5.12. The number of hydrogen-bond acceptors (Lipinski definition) is 6. The molecule has 9 nitrogen and oxygen atoms in total. The molecule has 0 radical (unpaired) electrons. The van der Waals surface area contributed by atoms with Crippen molar-refractivity contribution in [3.05, 3.63) is 46.4 Å². The Labute approximate surface area is 150 Å². The monoisotopic (exact) mass is 382 g/mol. The molecule has 0 fully saturated rings. The maximum atomic E-state index is 12.1. The number of nitrogens with one attached hydrogen (secondary N) is 4. The van der Waals surface area contributed by atoms with Gasteiger partial charge in [-0.2, -0.15) is 0 Å². The van der Waals surface area contributed by atoms with Gasteiger partial charge in [0.25, 0.3) is 5.56 Å². The fourth-order valence-electron chi connectivity index (χ4n) is 1.86. The summed E-state index contributed by atoms with van der Waals surface area (Å²) < 4.78 is 25.4. The van der Waals surface area contributed by atoms with Gasteiger partial charge in [-0.05, 0) is 37.3 Å². The van der Waals surface area contributed by atoms with Gasteiger partial charge in [0.15, 0.2) is 5.11 Å². The summed E-state index contributed by atoms with van der Waals surface area (Å²) in [4.78, 5) is 18.1. The number of hydrazine groups is 1. The zero-order valence-electron chi connectivity index (χ0n) is 13.8. The van der Waals surface area contributed by atoms with Crippen molar-refractivity contribution in [2.75, 3.05) is 24.8 Å². The molecule has 0 unspecified atom stereocenters. The molecule has 0 bridgehead atoms. The second-order valence-electron chi connectivity index (χ2n) is 5.25. The molecule has 11 heteroatoms. The SMILES string of the molecule is Cc1cc(=O)[nH]c(NNC(=S)Nc2cccc(S(=O)(=O)N(C)C)c2)n1. The van der Waals surface area contributed by atoms with E-state index in [9.17, 15) is 13.2 Å². The van der Waals surface area contributed by atoms with E-state index in [1.54, 1.807) is 19.1 Å². The van der Waals surface area contributed by atoms with Crippen LogP contribution in [0.1, 0.15) is 5.69 Å². The molecule has 134 valence electrons. The summed E-state index contributed by atoms with van der Waals surface area (Å²) in [6, 6.07) is 7.61. The Morgan fingerprint density at radius 2 is 2.00 bits per heavy atom. The molecule has 1 aromatic carbocycles. The highest BCUT2D eigenvalue weighted by Gasteiger charge is 2.17. The van der Waals surface area contributed by atoms with Crippen LogP contribution in [0.5, 0.6) is 0 Å². The van der Waals surface area contributed by atoms with Crippen LogP contribution in [0.2, 0.25) is 0 Å². The van der Waals surface area contributed by atoms with Crippen LogP contribution in [0.3, 0.4) is 0 Å². The van der Waals surface area contributed by atoms with Gasteiger partial charge in [0.1, 0.15) is 0 Å². The summed E-state index contributed by atoms with van der Waals surface area (Å²) in [5, 5.41) is 3.02. The largest absolute Gasteiger partial charge is 0.331 e. The summed E-state index contributed by atoms with van der Waals surface area (Å²) in [6.45, 7) is 1.69. The predicted octanol–water partition coefficient (Wildman–Crippen LogP) is 0.642. The fourth-order valence-corrected chi connectivity index (χ4v) is 2.98. The first-order valence-electron chi connectivity index (χ1n) is 7.12. The average Bonchev–Trinajstić information content (AvgIpc) is 2.52. The van der Waals surface area contributed by atoms with Gasteiger partial charge in [0, 0.05) is 31.5 Å². The van der Waals surface area contributed by atoms with Crippen LogP contribution in [0, 0.1) is 6.92 Å². The number of aryl methyl sites for hydroxylation is 1.